The number of aliphatic carboxylic acids is 1. The second-order valence-corrected chi connectivity index (χ2v) is 2.25. The average molecular weight is 158 g/mol. The first-order valence-electron chi connectivity index (χ1n) is 2.67. The molecule has 0 amide bonds. The van der Waals surface area contributed by atoms with Crippen molar-refractivity contribution in [2.24, 2.45) is 0 Å². The number of carbonyl (C=O) groups is 1. The minimum Gasteiger partial charge on any atom is -0.481 e. The first kappa shape index (κ1) is 7.01. The summed E-state index contributed by atoms with van der Waals surface area (Å²) in [5.41, 5.74) is 0.595. The van der Waals surface area contributed by atoms with E-state index in [1.54, 1.807) is 6.20 Å². The standard InChI is InChI=1S/C5H6N2O2S/c8-4(9)1-3-2-6-5(10)7-3/h2H,1H2,(H,8,9)(H2,6,7,10). The van der Waals surface area contributed by atoms with Gasteiger partial charge in [-0.3, -0.25) is 4.79 Å². The monoisotopic (exact) mass is 158 g/mol. The number of hydrogen-bond acceptors (Lipinski definition) is 2. The fourth-order valence-electron chi connectivity index (χ4n) is 0.629. The highest BCUT2D eigenvalue weighted by atomic mass is 32.1. The van der Waals surface area contributed by atoms with Gasteiger partial charge in [0.25, 0.3) is 0 Å². The number of aromatic nitrogens is 2. The second kappa shape index (κ2) is 2.66. The minimum absolute atomic E-state index is 0.0207. The van der Waals surface area contributed by atoms with Crippen LogP contribution in [0.2, 0.25) is 0 Å². The third-order valence-electron chi connectivity index (χ3n) is 0.993. The highest BCUT2D eigenvalue weighted by Gasteiger charge is 1.99. The van der Waals surface area contributed by atoms with Gasteiger partial charge in [-0.2, -0.15) is 0 Å². The molecule has 0 fully saturated rings. The van der Waals surface area contributed by atoms with E-state index < -0.39 is 5.97 Å². The van der Waals surface area contributed by atoms with Crippen molar-refractivity contribution in [2.75, 3.05) is 0 Å². The molecule has 4 nitrogen and oxygen atoms in total. The van der Waals surface area contributed by atoms with E-state index in [2.05, 4.69) is 22.2 Å². The van der Waals surface area contributed by atoms with E-state index in [9.17, 15) is 4.79 Å². The van der Waals surface area contributed by atoms with Gasteiger partial charge in [0.05, 0.1) is 6.42 Å². The molecule has 0 aliphatic rings. The summed E-state index contributed by atoms with van der Waals surface area (Å²) in [5, 5.41) is 8.31. The number of nitrogens with one attached hydrogen (secondary N) is 2. The Labute approximate surface area is 61.9 Å². The largest absolute Gasteiger partial charge is 0.481 e. The number of H-pyrrole nitrogens is 2. The van der Waals surface area contributed by atoms with Gasteiger partial charge in [0.2, 0.25) is 0 Å². The molecular formula is C5H6N2O2S. The highest BCUT2D eigenvalue weighted by molar-refractivity contribution is 7.71. The maximum absolute atomic E-state index is 10.1. The number of carboxylic acids is 1. The Bertz CT molecular complexity index is 288. The van der Waals surface area contributed by atoms with Crippen molar-refractivity contribution in [3.63, 3.8) is 0 Å². The van der Waals surface area contributed by atoms with Gasteiger partial charge in [-0.15, -0.1) is 0 Å². The SMILES string of the molecule is O=C(O)Cc1c[nH]c(=S)[nH]1. The zero-order chi connectivity index (χ0) is 7.56. The summed E-state index contributed by atoms with van der Waals surface area (Å²) in [4.78, 5) is 15.5. The van der Waals surface area contributed by atoms with Crippen molar-refractivity contribution in [1.82, 2.24) is 9.97 Å². The maximum Gasteiger partial charge on any atom is 0.309 e. The first-order chi connectivity index (χ1) is 4.68. The number of rotatable bonds is 2. The molecular weight excluding hydrogens is 152 g/mol. The van der Waals surface area contributed by atoms with Crippen molar-refractivity contribution >= 4 is 18.2 Å². The summed E-state index contributed by atoms with van der Waals surface area (Å²) in [6.07, 6.45) is 1.53. The molecule has 0 atom stereocenters. The molecule has 10 heavy (non-hydrogen) atoms. The van der Waals surface area contributed by atoms with Crippen molar-refractivity contribution in [1.29, 1.82) is 0 Å². The molecule has 1 rings (SSSR count). The van der Waals surface area contributed by atoms with Gasteiger partial charge in [-0.25, -0.2) is 0 Å². The second-order valence-electron chi connectivity index (χ2n) is 1.84. The van der Waals surface area contributed by atoms with Crippen LogP contribution in [0.5, 0.6) is 0 Å². The molecule has 3 N–H and O–H groups in total. The van der Waals surface area contributed by atoms with E-state index in [1.807, 2.05) is 0 Å². The summed E-state index contributed by atoms with van der Waals surface area (Å²) in [5.74, 6) is -0.870. The van der Waals surface area contributed by atoms with Crippen LogP contribution in [0.25, 0.3) is 0 Å². The van der Waals surface area contributed by atoms with Gasteiger partial charge in [0, 0.05) is 11.9 Å². The van der Waals surface area contributed by atoms with Crippen LogP contribution in [-0.2, 0) is 11.2 Å². The number of imidazole rings is 1. The minimum atomic E-state index is -0.870. The van der Waals surface area contributed by atoms with Crippen LogP contribution in [0.4, 0.5) is 0 Å². The molecule has 0 bridgehead atoms. The van der Waals surface area contributed by atoms with E-state index in [1.165, 1.54) is 0 Å². The van der Waals surface area contributed by atoms with Crippen molar-refractivity contribution in [2.45, 2.75) is 6.42 Å². The van der Waals surface area contributed by atoms with Crippen LogP contribution in [0.15, 0.2) is 6.20 Å². The Kier molecular flexibility index (Phi) is 1.86. The molecule has 0 saturated carbocycles. The van der Waals surface area contributed by atoms with Crippen LogP contribution >= 0.6 is 12.2 Å². The van der Waals surface area contributed by atoms with E-state index in [4.69, 9.17) is 5.11 Å². The zero-order valence-corrected chi connectivity index (χ0v) is 5.86. The number of hydrogen-bond donors (Lipinski definition) is 3. The van der Waals surface area contributed by atoms with E-state index in [0.717, 1.165) is 0 Å². The summed E-state index contributed by atoms with van der Waals surface area (Å²) in [7, 11) is 0. The molecule has 0 unspecified atom stereocenters. The van der Waals surface area contributed by atoms with Crippen molar-refractivity contribution in [3.05, 3.63) is 16.7 Å². The Morgan fingerprint density at radius 2 is 2.50 bits per heavy atom. The van der Waals surface area contributed by atoms with Gasteiger partial charge in [0.1, 0.15) is 0 Å². The van der Waals surface area contributed by atoms with E-state index >= 15 is 0 Å². The Hall–Kier alpha value is -1.10. The average Bonchev–Trinajstić information content (AvgIpc) is 2.13. The van der Waals surface area contributed by atoms with Gasteiger partial charge >= 0.3 is 5.97 Å². The van der Waals surface area contributed by atoms with Crippen LogP contribution in [0.3, 0.4) is 0 Å². The van der Waals surface area contributed by atoms with Gasteiger partial charge in [-0.1, -0.05) is 0 Å². The summed E-state index contributed by atoms with van der Waals surface area (Å²) in [6.45, 7) is 0. The molecule has 1 aromatic rings. The first-order valence-corrected chi connectivity index (χ1v) is 3.07. The Balaban J connectivity index is 2.76. The number of carboxylic acid groups (broad SMARTS) is 1. The summed E-state index contributed by atoms with van der Waals surface area (Å²) in [6, 6.07) is 0. The molecule has 0 saturated heterocycles. The Morgan fingerprint density at radius 3 is 2.90 bits per heavy atom. The van der Waals surface area contributed by atoms with Crippen LogP contribution in [0, 0.1) is 4.77 Å². The topological polar surface area (TPSA) is 68.9 Å². The van der Waals surface area contributed by atoms with Crippen molar-refractivity contribution in [3.8, 4) is 0 Å². The maximum atomic E-state index is 10.1. The predicted molar refractivity (Wildman–Crippen MR) is 37.3 cm³/mol. The van der Waals surface area contributed by atoms with Crippen LogP contribution < -0.4 is 0 Å². The fourth-order valence-corrected chi connectivity index (χ4v) is 0.819. The lowest BCUT2D eigenvalue weighted by molar-refractivity contribution is -0.136. The van der Waals surface area contributed by atoms with Gasteiger partial charge in [-0.05, 0) is 12.2 Å². The van der Waals surface area contributed by atoms with E-state index in [-0.39, 0.29) is 6.42 Å². The van der Waals surface area contributed by atoms with Crippen LogP contribution in [-0.4, -0.2) is 21.0 Å². The quantitative estimate of drug-likeness (QED) is 0.555. The molecule has 54 valence electrons. The van der Waals surface area contributed by atoms with Crippen LogP contribution in [0.1, 0.15) is 5.69 Å². The zero-order valence-electron chi connectivity index (χ0n) is 5.05. The molecule has 0 aliphatic carbocycles. The van der Waals surface area contributed by atoms with E-state index in [0.29, 0.717) is 10.5 Å². The lowest BCUT2D eigenvalue weighted by Gasteiger charge is -1.85. The molecule has 0 aliphatic heterocycles. The number of aromatic amines is 2. The van der Waals surface area contributed by atoms with Gasteiger partial charge in [0.15, 0.2) is 4.77 Å². The highest BCUT2D eigenvalue weighted by Crippen LogP contribution is 1.93. The summed E-state index contributed by atoms with van der Waals surface area (Å²) >= 11 is 4.68. The summed E-state index contributed by atoms with van der Waals surface area (Å²) < 4.78 is 0.455. The molecule has 0 radical (unpaired) electrons. The Morgan fingerprint density at radius 1 is 1.80 bits per heavy atom. The molecule has 1 heterocycles. The normalized spacial score (nSPS) is 9.60. The third kappa shape index (κ3) is 1.70. The lowest BCUT2D eigenvalue weighted by Crippen LogP contribution is -1.99. The van der Waals surface area contributed by atoms with Crippen molar-refractivity contribution < 1.29 is 9.90 Å². The molecule has 0 spiro atoms. The smallest absolute Gasteiger partial charge is 0.309 e. The fraction of sp³-hybridized carbons (Fsp3) is 0.200. The predicted octanol–water partition coefficient (Wildman–Crippen LogP) is 0.699. The van der Waals surface area contributed by atoms with Gasteiger partial charge < -0.3 is 15.1 Å². The lowest BCUT2D eigenvalue weighted by atomic mass is 10.3. The molecule has 0 aromatic carbocycles. The molecule has 1 aromatic heterocycles. The third-order valence-corrected chi connectivity index (χ3v) is 1.21. The molecule has 5 heteroatoms.